The molecule has 6 heteroatoms. The first kappa shape index (κ1) is 14.3. The summed E-state index contributed by atoms with van der Waals surface area (Å²) >= 11 is 0. The van der Waals surface area contributed by atoms with Gasteiger partial charge in [0.2, 0.25) is 0 Å². The van der Waals surface area contributed by atoms with Gasteiger partial charge in [0.1, 0.15) is 5.75 Å². The van der Waals surface area contributed by atoms with Crippen LogP contribution in [0.1, 0.15) is 46.2 Å². The Morgan fingerprint density at radius 1 is 1.35 bits per heavy atom. The minimum Gasteiger partial charge on any atom is -0.493 e. The average Bonchev–Trinajstić information content (AvgIpc) is 2.92. The number of nitrogens with zero attached hydrogens (tertiary/aromatic N) is 1. The number of para-hydroxylation sites is 1. The molecular formula is C17H20N4O2. The van der Waals surface area contributed by atoms with Crippen molar-refractivity contribution in [2.75, 3.05) is 13.2 Å². The van der Waals surface area contributed by atoms with E-state index in [1.807, 2.05) is 24.3 Å². The van der Waals surface area contributed by atoms with Gasteiger partial charge < -0.3 is 15.4 Å². The number of H-pyrrole nitrogens is 1. The van der Waals surface area contributed by atoms with E-state index >= 15 is 0 Å². The van der Waals surface area contributed by atoms with Crippen LogP contribution < -0.4 is 15.4 Å². The Labute approximate surface area is 134 Å². The molecule has 0 aliphatic carbocycles. The van der Waals surface area contributed by atoms with Crippen LogP contribution >= 0.6 is 0 Å². The summed E-state index contributed by atoms with van der Waals surface area (Å²) in [5.74, 6) is 0.744. The summed E-state index contributed by atoms with van der Waals surface area (Å²) < 4.78 is 5.76. The summed E-state index contributed by atoms with van der Waals surface area (Å²) in [4.78, 5) is 12.7. The maximum absolute atomic E-state index is 12.7. The first-order chi connectivity index (χ1) is 11.3. The molecule has 1 unspecified atom stereocenters. The highest BCUT2D eigenvalue weighted by Crippen LogP contribution is 2.31. The van der Waals surface area contributed by atoms with Crippen molar-refractivity contribution < 1.29 is 9.53 Å². The molecule has 1 amide bonds. The van der Waals surface area contributed by atoms with Crippen molar-refractivity contribution in [1.29, 1.82) is 0 Å². The predicted octanol–water partition coefficient (Wildman–Crippen LogP) is 1.70. The van der Waals surface area contributed by atoms with E-state index in [0.717, 1.165) is 48.4 Å². The third-order valence-electron chi connectivity index (χ3n) is 4.52. The van der Waals surface area contributed by atoms with E-state index in [2.05, 4.69) is 20.8 Å². The maximum Gasteiger partial charge on any atom is 0.272 e. The first-order valence-corrected chi connectivity index (χ1v) is 8.12. The Morgan fingerprint density at radius 3 is 3.22 bits per heavy atom. The van der Waals surface area contributed by atoms with Gasteiger partial charge in [-0.15, -0.1) is 0 Å². The van der Waals surface area contributed by atoms with E-state index in [-0.39, 0.29) is 11.9 Å². The van der Waals surface area contributed by atoms with Crippen molar-refractivity contribution >= 4 is 5.91 Å². The van der Waals surface area contributed by atoms with Crippen LogP contribution in [0, 0.1) is 0 Å². The fourth-order valence-corrected chi connectivity index (χ4v) is 3.31. The molecule has 1 aromatic heterocycles. The second kappa shape index (κ2) is 6.04. The van der Waals surface area contributed by atoms with E-state index < -0.39 is 0 Å². The normalized spacial score (nSPS) is 19.9. The summed E-state index contributed by atoms with van der Waals surface area (Å²) in [6.07, 6.45) is 2.67. The van der Waals surface area contributed by atoms with Crippen molar-refractivity contribution in [3.8, 4) is 5.75 Å². The van der Waals surface area contributed by atoms with Gasteiger partial charge in [-0.2, -0.15) is 5.10 Å². The molecule has 2 aliphatic heterocycles. The van der Waals surface area contributed by atoms with Gasteiger partial charge in [0.15, 0.2) is 5.69 Å². The number of aromatic amines is 1. The zero-order valence-electron chi connectivity index (χ0n) is 12.9. The smallest absolute Gasteiger partial charge is 0.272 e. The summed E-state index contributed by atoms with van der Waals surface area (Å²) in [5.41, 5.74) is 3.61. The maximum atomic E-state index is 12.7. The number of amides is 1. The predicted molar refractivity (Wildman–Crippen MR) is 85.4 cm³/mol. The van der Waals surface area contributed by atoms with Crippen LogP contribution in [-0.4, -0.2) is 29.3 Å². The van der Waals surface area contributed by atoms with Crippen LogP contribution in [0.2, 0.25) is 0 Å². The molecule has 0 radical (unpaired) electrons. The lowest BCUT2D eigenvalue weighted by molar-refractivity contribution is 0.0928. The van der Waals surface area contributed by atoms with Crippen LogP contribution in [0.15, 0.2) is 24.3 Å². The molecule has 0 saturated heterocycles. The Kier molecular flexibility index (Phi) is 3.75. The molecule has 3 heterocycles. The molecule has 1 atom stereocenters. The molecule has 2 aromatic rings. The number of carbonyl (C=O) groups excluding carboxylic acids is 1. The molecule has 3 N–H and O–H groups in total. The van der Waals surface area contributed by atoms with Gasteiger partial charge in [-0.25, -0.2) is 0 Å². The molecule has 2 aliphatic rings. The highest BCUT2D eigenvalue weighted by Gasteiger charge is 2.26. The average molecular weight is 312 g/mol. The van der Waals surface area contributed by atoms with Gasteiger partial charge in [0, 0.05) is 36.3 Å². The summed E-state index contributed by atoms with van der Waals surface area (Å²) in [5, 5.41) is 13.7. The first-order valence-electron chi connectivity index (χ1n) is 8.12. The van der Waals surface area contributed by atoms with Crippen LogP contribution in [0.4, 0.5) is 0 Å². The molecule has 0 bridgehead atoms. The van der Waals surface area contributed by atoms with Crippen molar-refractivity contribution in [3.63, 3.8) is 0 Å². The number of benzene rings is 1. The standard InChI is InChI=1S/C17H20N4O2/c22-17(16-12-10-18-8-7-14(12)20-21-16)19-13-5-3-9-23-15-6-2-1-4-11(13)15/h1-2,4,6,13,18H,3,5,7-10H2,(H,19,22)(H,20,21). The Balaban J connectivity index is 1.58. The third kappa shape index (κ3) is 2.70. The van der Waals surface area contributed by atoms with Gasteiger partial charge in [-0.3, -0.25) is 9.89 Å². The van der Waals surface area contributed by atoms with Gasteiger partial charge in [-0.1, -0.05) is 18.2 Å². The number of rotatable bonds is 2. The lowest BCUT2D eigenvalue weighted by Crippen LogP contribution is -2.31. The fraction of sp³-hybridized carbons (Fsp3) is 0.412. The SMILES string of the molecule is O=C(NC1CCCOc2ccccc21)c1n[nH]c2c1CNCC2. The zero-order chi connectivity index (χ0) is 15.6. The molecule has 120 valence electrons. The van der Waals surface area contributed by atoms with E-state index in [9.17, 15) is 4.79 Å². The number of aromatic nitrogens is 2. The van der Waals surface area contributed by atoms with Gasteiger partial charge >= 0.3 is 0 Å². The van der Waals surface area contributed by atoms with Crippen molar-refractivity contribution in [2.24, 2.45) is 0 Å². The number of nitrogens with one attached hydrogen (secondary N) is 3. The minimum atomic E-state index is -0.118. The Hall–Kier alpha value is -2.34. The lowest BCUT2D eigenvalue weighted by atomic mass is 10.0. The summed E-state index contributed by atoms with van der Waals surface area (Å²) in [7, 11) is 0. The van der Waals surface area contributed by atoms with Crippen molar-refractivity contribution in [2.45, 2.75) is 31.8 Å². The number of hydrogen-bond acceptors (Lipinski definition) is 4. The molecular weight excluding hydrogens is 292 g/mol. The monoisotopic (exact) mass is 312 g/mol. The Morgan fingerprint density at radius 2 is 2.26 bits per heavy atom. The molecule has 23 heavy (non-hydrogen) atoms. The van der Waals surface area contributed by atoms with Crippen molar-refractivity contribution in [3.05, 3.63) is 46.8 Å². The third-order valence-corrected chi connectivity index (χ3v) is 4.52. The summed E-state index contributed by atoms with van der Waals surface area (Å²) in [6.45, 7) is 2.30. The highest BCUT2D eigenvalue weighted by atomic mass is 16.5. The highest BCUT2D eigenvalue weighted by molar-refractivity contribution is 5.94. The molecule has 0 fully saturated rings. The fourth-order valence-electron chi connectivity index (χ4n) is 3.31. The number of hydrogen-bond donors (Lipinski definition) is 3. The van der Waals surface area contributed by atoms with E-state index in [1.54, 1.807) is 0 Å². The molecule has 4 rings (SSSR count). The van der Waals surface area contributed by atoms with Gasteiger partial charge in [-0.05, 0) is 18.9 Å². The molecule has 0 spiro atoms. The van der Waals surface area contributed by atoms with Gasteiger partial charge in [0.05, 0.1) is 12.6 Å². The summed E-state index contributed by atoms with van der Waals surface area (Å²) in [6, 6.07) is 7.88. The number of ether oxygens (including phenoxy) is 1. The van der Waals surface area contributed by atoms with Gasteiger partial charge in [0.25, 0.3) is 5.91 Å². The molecule has 1 aromatic carbocycles. The van der Waals surface area contributed by atoms with Crippen LogP contribution in [0.5, 0.6) is 5.75 Å². The number of fused-ring (bicyclic) bond motifs is 2. The van der Waals surface area contributed by atoms with Crippen molar-refractivity contribution in [1.82, 2.24) is 20.8 Å². The second-order valence-corrected chi connectivity index (χ2v) is 6.01. The largest absolute Gasteiger partial charge is 0.493 e. The van der Waals surface area contributed by atoms with E-state index in [1.165, 1.54) is 0 Å². The second-order valence-electron chi connectivity index (χ2n) is 6.01. The lowest BCUT2D eigenvalue weighted by Gasteiger charge is -2.18. The molecule has 6 nitrogen and oxygen atoms in total. The Bertz CT molecular complexity index is 725. The van der Waals surface area contributed by atoms with Crippen LogP contribution in [0.25, 0.3) is 0 Å². The van der Waals surface area contributed by atoms with E-state index in [0.29, 0.717) is 18.8 Å². The minimum absolute atomic E-state index is 0.0369. The molecule has 0 saturated carbocycles. The van der Waals surface area contributed by atoms with Crippen LogP contribution in [0.3, 0.4) is 0 Å². The van der Waals surface area contributed by atoms with E-state index in [4.69, 9.17) is 4.74 Å². The quantitative estimate of drug-likeness (QED) is 0.788. The number of carbonyl (C=O) groups is 1. The van der Waals surface area contributed by atoms with Crippen LogP contribution in [-0.2, 0) is 13.0 Å². The topological polar surface area (TPSA) is 79.0 Å². The zero-order valence-corrected chi connectivity index (χ0v) is 12.9.